The Labute approximate surface area is 122 Å². The molecule has 0 aliphatic carbocycles. The number of aromatic nitrogens is 2. The van der Waals surface area contributed by atoms with Crippen molar-refractivity contribution >= 4 is 5.69 Å². The lowest BCUT2D eigenvalue weighted by Crippen LogP contribution is -2.00. The highest BCUT2D eigenvalue weighted by atomic mass is 16.5. The van der Waals surface area contributed by atoms with Crippen molar-refractivity contribution in [2.75, 3.05) is 12.3 Å². The van der Waals surface area contributed by atoms with Gasteiger partial charge in [-0.2, -0.15) is 5.10 Å². The van der Waals surface area contributed by atoms with Gasteiger partial charge in [0.1, 0.15) is 5.75 Å². The van der Waals surface area contributed by atoms with E-state index in [1.807, 2.05) is 35.1 Å². The maximum atomic E-state index is 5.93. The molecule has 0 saturated heterocycles. The Morgan fingerprint density at radius 3 is 2.86 bits per heavy atom. The van der Waals surface area contributed by atoms with Crippen molar-refractivity contribution in [1.82, 2.24) is 9.78 Å². The fourth-order valence-corrected chi connectivity index (χ4v) is 2.77. The third-order valence-electron chi connectivity index (χ3n) is 3.78. The standard InChI is InChI=1S/C17H15N3O/c18-13-2-4-15-12(10-13)6-9-21-17-11-14(3-5-16(15)17)20-8-1-7-19-20/h1-5,7-8,10-11H,6,9,18H2. The molecule has 2 aromatic carbocycles. The maximum absolute atomic E-state index is 5.93. The fourth-order valence-electron chi connectivity index (χ4n) is 2.77. The number of nitrogen functional groups attached to an aromatic ring is 1. The van der Waals surface area contributed by atoms with Gasteiger partial charge in [0, 0.05) is 36.1 Å². The van der Waals surface area contributed by atoms with Crippen LogP contribution in [-0.4, -0.2) is 16.4 Å². The maximum Gasteiger partial charge on any atom is 0.129 e. The van der Waals surface area contributed by atoms with E-state index < -0.39 is 0 Å². The van der Waals surface area contributed by atoms with Crippen molar-refractivity contribution in [1.29, 1.82) is 0 Å². The van der Waals surface area contributed by atoms with Gasteiger partial charge >= 0.3 is 0 Å². The lowest BCUT2D eigenvalue weighted by atomic mass is 9.97. The van der Waals surface area contributed by atoms with Crippen molar-refractivity contribution in [3.63, 3.8) is 0 Å². The molecule has 104 valence electrons. The molecule has 21 heavy (non-hydrogen) atoms. The zero-order valence-corrected chi connectivity index (χ0v) is 11.5. The minimum atomic E-state index is 0.659. The number of benzene rings is 2. The van der Waals surface area contributed by atoms with Crippen molar-refractivity contribution < 1.29 is 4.74 Å². The van der Waals surface area contributed by atoms with Crippen LogP contribution in [0.1, 0.15) is 5.56 Å². The molecule has 0 spiro atoms. The number of fused-ring (bicyclic) bond motifs is 3. The third kappa shape index (κ3) is 2.05. The van der Waals surface area contributed by atoms with Gasteiger partial charge in [0.05, 0.1) is 12.3 Å². The van der Waals surface area contributed by atoms with E-state index in [2.05, 4.69) is 23.3 Å². The van der Waals surface area contributed by atoms with Crippen LogP contribution < -0.4 is 10.5 Å². The van der Waals surface area contributed by atoms with Crippen molar-refractivity contribution in [3.8, 4) is 22.6 Å². The summed E-state index contributed by atoms with van der Waals surface area (Å²) in [6.45, 7) is 0.659. The minimum absolute atomic E-state index is 0.659. The van der Waals surface area contributed by atoms with Crippen LogP contribution in [0.3, 0.4) is 0 Å². The number of hydrogen-bond acceptors (Lipinski definition) is 3. The molecule has 3 aromatic rings. The molecule has 1 aliphatic rings. The topological polar surface area (TPSA) is 53.1 Å². The third-order valence-corrected chi connectivity index (χ3v) is 3.78. The summed E-state index contributed by atoms with van der Waals surface area (Å²) in [6, 6.07) is 14.1. The number of nitrogens with zero attached hydrogens (tertiary/aromatic N) is 2. The van der Waals surface area contributed by atoms with Gasteiger partial charge in [-0.25, -0.2) is 4.68 Å². The first kappa shape index (κ1) is 12.0. The molecule has 0 radical (unpaired) electrons. The predicted molar refractivity (Wildman–Crippen MR) is 82.6 cm³/mol. The van der Waals surface area contributed by atoms with Crippen LogP contribution in [0.2, 0.25) is 0 Å². The molecule has 1 aromatic heterocycles. The Bertz CT molecular complexity index is 794. The molecule has 1 aliphatic heterocycles. The molecule has 0 amide bonds. The molecular weight excluding hydrogens is 262 g/mol. The van der Waals surface area contributed by atoms with Gasteiger partial charge in [-0.15, -0.1) is 0 Å². The molecule has 0 saturated carbocycles. The number of anilines is 1. The zero-order chi connectivity index (χ0) is 14.2. The van der Waals surface area contributed by atoms with Gasteiger partial charge in [0.25, 0.3) is 0 Å². The highest BCUT2D eigenvalue weighted by Crippen LogP contribution is 2.37. The summed E-state index contributed by atoms with van der Waals surface area (Å²) >= 11 is 0. The van der Waals surface area contributed by atoms with E-state index in [4.69, 9.17) is 10.5 Å². The Kier molecular flexibility index (Phi) is 2.67. The smallest absolute Gasteiger partial charge is 0.129 e. The Morgan fingerprint density at radius 2 is 2.00 bits per heavy atom. The second-order valence-electron chi connectivity index (χ2n) is 5.15. The predicted octanol–water partition coefficient (Wildman–Crippen LogP) is 3.06. The van der Waals surface area contributed by atoms with E-state index in [-0.39, 0.29) is 0 Å². The fraction of sp³-hybridized carbons (Fsp3) is 0.118. The van der Waals surface area contributed by atoms with Gasteiger partial charge in [0.15, 0.2) is 0 Å². The number of ether oxygens (including phenoxy) is 1. The normalized spacial score (nSPS) is 13.0. The van der Waals surface area contributed by atoms with E-state index in [1.165, 1.54) is 11.1 Å². The molecule has 0 fully saturated rings. The summed E-state index contributed by atoms with van der Waals surface area (Å²) in [5.74, 6) is 0.895. The number of nitrogens with two attached hydrogens (primary N) is 1. The van der Waals surface area contributed by atoms with Crippen LogP contribution in [0.25, 0.3) is 16.8 Å². The van der Waals surface area contributed by atoms with Crippen LogP contribution >= 0.6 is 0 Å². The van der Waals surface area contributed by atoms with Gasteiger partial charge < -0.3 is 10.5 Å². The molecule has 4 nitrogen and oxygen atoms in total. The summed E-state index contributed by atoms with van der Waals surface area (Å²) in [7, 11) is 0. The summed E-state index contributed by atoms with van der Waals surface area (Å²) in [6.07, 6.45) is 4.56. The first-order valence-corrected chi connectivity index (χ1v) is 6.97. The monoisotopic (exact) mass is 277 g/mol. The zero-order valence-electron chi connectivity index (χ0n) is 11.5. The summed E-state index contributed by atoms with van der Waals surface area (Å²) in [5.41, 5.74) is 11.2. The molecular formula is C17H15N3O. The van der Waals surface area contributed by atoms with E-state index >= 15 is 0 Å². The highest BCUT2D eigenvalue weighted by Gasteiger charge is 2.16. The van der Waals surface area contributed by atoms with Crippen LogP contribution in [0.15, 0.2) is 54.9 Å². The van der Waals surface area contributed by atoms with Gasteiger partial charge in [-0.3, -0.25) is 0 Å². The molecule has 4 rings (SSSR count). The second kappa shape index (κ2) is 4.66. The Morgan fingerprint density at radius 1 is 1.10 bits per heavy atom. The van der Waals surface area contributed by atoms with E-state index in [0.29, 0.717) is 6.61 Å². The van der Waals surface area contributed by atoms with E-state index in [0.717, 1.165) is 29.1 Å². The van der Waals surface area contributed by atoms with Crippen LogP contribution in [0.4, 0.5) is 5.69 Å². The van der Waals surface area contributed by atoms with Crippen LogP contribution in [0, 0.1) is 0 Å². The largest absolute Gasteiger partial charge is 0.493 e. The number of rotatable bonds is 1. The quantitative estimate of drug-likeness (QED) is 0.695. The summed E-state index contributed by atoms with van der Waals surface area (Å²) < 4.78 is 7.76. The van der Waals surface area contributed by atoms with Gasteiger partial charge in [-0.1, -0.05) is 6.07 Å². The minimum Gasteiger partial charge on any atom is -0.493 e. The molecule has 0 unspecified atom stereocenters. The Hall–Kier alpha value is -2.75. The SMILES string of the molecule is Nc1ccc2c(c1)CCOc1cc(-n3cccn3)ccc1-2. The lowest BCUT2D eigenvalue weighted by Gasteiger charge is -2.11. The second-order valence-corrected chi connectivity index (χ2v) is 5.15. The van der Waals surface area contributed by atoms with Crippen LogP contribution in [-0.2, 0) is 6.42 Å². The molecule has 2 N–H and O–H groups in total. The highest BCUT2D eigenvalue weighted by molar-refractivity contribution is 5.77. The van der Waals surface area contributed by atoms with E-state index in [1.54, 1.807) is 6.20 Å². The van der Waals surface area contributed by atoms with Crippen molar-refractivity contribution in [2.45, 2.75) is 6.42 Å². The molecule has 4 heteroatoms. The summed E-state index contributed by atoms with van der Waals surface area (Å²) in [5, 5.41) is 4.26. The summed E-state index contributed by atoms with van der Waals surface area (Å²) in [4.78, 5) is 0. The van der Waals surface area contributed by atoms with Gasteiger partial charge in [-0.05, 0) is 41.5 Å². The first-order valence-electron chi connectivity index (χ1n) is 6.97. The van der Waals surface area contributed by atoms with Crippen molar-refractivity contribution in [3.05, 3.63) is 60.4 Å². The average Bonchev–Trinajstić information content (AvgIpc) is 2.96. The molecule has 2 heterocycles. The molecule has 0 bridgehead atoms. The first-order chi connectivity index (χ1) is 10.3. The lowest BCUT2D eigenvalue weighted by molar-refractivity contribution is 0.326. The van der Waals surface area contributed by atoms with Crippen molar-refractivity contribution in [2.24, 2.45) is 0 Å². The van der Waals surface area contributed by atoms with Crippen LogP contribution in [0.5, 0.6) is 5.75 Å². The molecule has 0 atom stereocenters. The number of hydrogen-bond donors (Lipinski definition) is 1. The van der Waals surface area contributed by atoms with E-state index in [9.17, 15) is 0 Å². The van der Waals surface area contributed by atoms with Gasteiger partial charge in [0.2, 0.25) is 0 Å². The Balaban J connectivity index is 1.87. The average molecular weight is 277 g/mol.